The molecule has 5 aromatic rings. The second-order valence-corrected chi connectivity index (χ2v) is 7.27. The summed E-state index contributed by atoms with van der Waals surface area (Å²) in [5.74, 6) is 0.387. The zero-order chi connectivity index (χ0) is 20.0. The zero-order valence-electron chi connectivity index (χ0n) is 16.1. The highest BCUT2D eigenvalue weighted by molar-refractivity contribution is 5.89. The Labute approximate surface area is 167 Å². The Kier molecular flexibility index (Phi) is 4.03. The van der Waals surface area contributed by atoms with Crippen LogP contribution in [0.3, 0.4) is 0 Å². The molecule has 29 heavy (non-hydrogen) atoms. The highest BCUT2D eigenvalue weighted by Gasteiger charge is 2.13. The summed E-state index contributed by atoms with van der Waals surface area (Å²) in [6.45, 7) is 3.16. The number of imidazole rings is 1. The Bertz CT molecular complexity index is 1330. The number of benzene rings is 2. The molecular formula is C22H21N7. The highest BCUT2D eigenvalue weighted by atomic mass is 15.1. The van der Waals surface area contributed by atoms with Gasteiger partial charge >= 0.3 is 0 Å². The molecule has 0 amide bonds. The van der Waals surface area contributed by atoms with Crippen molar-refractivity contribution in [3.63, 3.8) is 0 Å². The number of aromatic amines is 1. The van der Waals surface area contributed by atoms with Gasteiger partial charge in [-0.3, -0.25) is 0 Å². The number of aromatic nitrogens is 5. The van der Waals surface area contributed by atoms with Crippen molar-refractivity contribution in [1.82, 2.24) is 24.5 Å². The number of anilines is 1. The first-order chi connectivity index (χ1) is 14.1. The molecule has 7 nitrogen and oxygen atoms in total. The van der Waals surface area contributed by atoms with Crippen molar-refractivity contribution in [2.24, 2.45) is 5.73 Å². The Morgan fingerprint density at radius 2 is 1.83 bits per heavy atom. The van der Waals surface area contributed by atoms with Crippen LogP contribution in [0.25, 0.3) is 33.2 Å². The third-order valence-electron chi connectivity index (χ3n) is 5.24. The molecule has 0 atom stereocenters. The average Bonchev–Trinajstić information content (AvgIpc) is 3.33. The van der Waals surface area contributed by atoms with Gasteiger partial charge in [0.1, 0.15) is 11.8 Å². The number of nitrogen functional groups attached to an aromatic ring is 1. The lowest BCUT2D eigenvalue weighted by Crippen LogP contribution is -2.02. The maximum atomic E-state index is 5.94. The van der Waals surface area contributed by atoms with Crippen LogP contribution in [0.5, 0.6) is 0 Å². The first kappa shape index (κ1) is 17.4. The fraction of sp³-hybridized carbons (Fsp3) is 0.136. The summed E-state index contributed by atoms with van der Waals surface area (Å²) in [5.41, 5.74) is 19.9. The predicted molar refractivity (Wildman–Crippen MR) is 115 cm³/mol. The molecule has 2 aromatic carbocycles. The van der Waals surface area contributed by atoms with Gasteiger partial charge in [0.15, 0.2) is 11.5 Å². The summed E-state index contributed by atoms with van der Waals surface area (Å²) in [5, 5.41) is 1.14. The van der Waals surface area contributed by atoms with Gasteiger partial charge in [0, 0.05) is 17.6 Å². The topological polar surface area (TPSA) is 111 Å². The van der Waals surface area contributed by atoms with Crippen molar-refractivity contribution in [1.29, 1.82) is 0 Å². The third kappa shape index (κ3) is 3.01. The number of aryl methyl sites for hydroxylation is 1. The van der Waals surface area contributed by atoms with Gasteiger partial charge in [-0.2, -0.15) is 0 Å². The molecule has 0 saturated carbocycles. The molecule has 3 aromatic heterocycles. The van der Waals surface area contributed by atoms with Crippen LogP contribution in [0.4, 0.5) is 5.82 Å². The van der Waals surface area contributed by atoms with Crippen LogP contribution >= 0.6 is 0 Å². The molecule has 5 N–H and O–H groups in total. The number of nitrogens with zero attached hydrogens (tertiary/aromatic N) is 4. The van der Waals surface area contributed by atoms with Gasteiger partial charge < -0.3 is 21.0 Å². The fourth-order valence-corrected chi connectivity index (χ4v) is 3.72. The number of nitrogens with one attached hydrogen (secondary N) is 1. The molecule has 0 bridgehead atoms. The summed E-state index contributed by atoms with van der Waals surface area (Å²) in [4.78, 5) is 16.2. The van der Waals surface area contributed by atoms with E-state index in [-0.39, 0.29) is 0 Å². The number of hydrogen-bond donors (Lipinski definition) is 3. The van der Waals surface area contributed by atoms with E-state index in [4.69, 9.17) is 11.5 Å². The third-order valence-corrected chi connectivity index (χ3v) is 5.24. The van der Waals surface area contributed by atoms with Crippen molar-refractivity contribution in [2.45, 2.75) is 20.0 Å². The van der Waals surface area contributed by atoms with E-state index in [0.29, 0.717) is 24.4 Å². The molecule has 0 spiro atoms. The van der Waals surface area contributed by atoms with E-state index in [2.05, 4.69) is 69.3 Å². The Morgan fingerprint density at radius 1 is 1.00 bits per heavy atom. The standard InChI is InChI=1S/C22H21N7/c1-13-2-4-14(5-3-13)15-6-16-8-18(9-23)28-19(16)17(7-15)10-29-12-27-20-21(24)25-11-26-22(20)29/h2-8,11-12,28H,9-10,23H2,1H3,(H2,24,25,26). The lowest BCUT2D eigenvalue weighted by Gasteiger charge is -2.10. The smallest absolute Gasteiger partial charge is 0.165 e. The van der Waals surface area contributed by atoms with Gasteiger partial charge in [-0.05, 0) is 41.8 Å². The quantitative estimate of drug-likeness (QED) is 0.440. The molecular weight excluding hydrogens is 362 g/mol. The number of rotatable bonds is 4. The van der Waals surface area contributed by atoms with Gasteiger partial charge in [-0.25, -0.2) is 15.0 Å². The fourth-order valence-electron chi connectivity index (χ4n) is 3.72. The number of fused-ring (bicyclic) bond motifs is 2. The largest absolute Gasteiger partial charge is 0.382 e. The second-order valence-electron chi connectivity index (χ2n) is 7.27. The van der Waals surface area contributed by atoms with Crippen LogP contribution < -0.4 is 11.5 Å². The molecule has 0 radical (unpaired) electrons. The summed E-state index contributed by atoms with van der Waals surface area (Å²) in [6.07, 6.45) is 3.22. The van der Waals surface area contributed by atoms with Gasteiger partial charge in [-0.1, -0.05) is 29.8 Å². The molecule has 144 valence electrons. The first-order valence-electron chi connectivity index (χ1n) is 9.45. The summed E-state index contributed by atoms with van der Waals surface area (Å²) < 4.78 is 1.99. The summed E-state index contributed by atoms with van der Waals surface area (Å²) >= 11 is 0. The van der Waals surface area contributed by atoms with E-state index < -0.39 is 0 Å². The number of hydrogen-bond acceptors (Lipinski definition) is 5. The van der Waals surface area contributed by atoms with Crippen molar-refractivity contribution in [3.8, 4) is 11.1 Å². The average molecular weight is 383 g/mol. The van der Waals surface area contributed by atoms with Crippen LogP contribution in [0.15, 0.2) is 55.1 Å². The molecule has 5 rings (SSSR count). The van der Waals surface area contributed by atoms with E-state index in [1.807, 2.05) is 4.57 Å². The summed E-state index contributed by atoms with van der Waals surface area (Å²) in [7, 11) is 0. The van der Waals surface area contributed by atoms with E-state index in [0.717, 1.165) is 33.4 Å². The molecule has 7 heteroatoms. The van der Waals surface area contributed by atoms with Crippen molar-refractivity contribution >= 4 is 27.9 Å². The minimum atomic E-state index is 0.387. The van der Waals surface area contributed by atoms with Crippen LogP contribution in [-0.4, -0.2) is 24.5 Å². The van der Waals surface area contributed by atoms with Gasteiger partial charge in [-0.15, -0.1) is 0 Å². The van der Waals surface area contributed by atoms with E-state index in [9.17, 15) is 0 Å². The SMILES string of the molecule is Cc1ccc(-c2cc(Cn3cnc4c(N)ncnc43)c3[nH]c(CN)cc3c2)cc1. The maximum Gasteiger partial charge on any atom is 0.165 e. The Morgan fingerprint density at radius 3 is 2.62 bits per heavy atom. The molecule has 0 aliphatic heterocycles. The normalized spacial score (nSPS) is 11.5. The Balaban J connectivity index is 1.67. The Hall–Kier alpha value is -3.71. The molecule has 3 heterocycles. The number of H-pyrrole nitrogens is 1. The van der Waals surface area contributed by atoms with Crippen LogP contribution in [0.1, 0.15) is 16.8 Å². The lowest BCUT2D eigenvalue weighted by molar-refractivity contribution is 0.817. The molecule has 0 unspecified atom stereocenters. The van der Waals surface area contributed by atoms with E-state index >= 15 is 0 Å². The predicted octanol–water partition coefficient (Wildman–Crippen LogP) is 3.37. The van der Waals surface area contributed by atoms with Gasteiger partial charge in [0.05, 0.1) is 18.4 Å². The summed E-state index contributed by atoms with van der Waals surface area (Å²) in [6, 6.07) is 15.1. The number of nitrogens with two attached hydrogens (primary N) is 2. The maximum absolute atomic E-state index is 5.94. The lowest BCUT2D eigenvalue weighted by atomic mass is 9.99. The van der Waals surface area contributed by atoms with Crippen LogP contribution in [0.2, 0.25) is 0 Å². The molecule has 0 fully saturated rings. The monoisotopic (exact) mass is 383 g/mol. The van der Waals surface area contributed by atoms with Gasteiger partial charge in [0.25, 0.3) is 0 Å². The molecule has 0 saturated heterocycles. The van der Waals surface area contributed by atoms with Crippen molar-refractivity contribution in [2.75, 3.05) is 5.73 Å². The minimum Gasteiger partial charge on any atom is -0.382 e. The van der Waals surface area contributed by atoms with Gasteiger partial charge in [0.2, 0.25) is 0 Å². The van der Waals surface area contributed by atoms with E-state index in [1.54, 1.807) is 6.33 Å². The first-order valence-corrected chi connectivity index (χ1v) is 9.45. The van der Waals surface area contributed by atoms with Crippen LogP contribution in [0, 0.1) is 6.92 Å². The molecule has 0 aliphatic carbocycles. The minimum absolute atomic E-state index is 0.387. The van der Waals surface area contributed by atoms with Crippen molar-refractivity contribution < 1.29 is 0 Å². The second kappa shape index (κ2) is 6.72. The zero-order valence-corrected chi connectivity index (χ0v) is 16.1. The molecule has 0 aliphatic rings. The van der Waals surface area contributed by atoms with Crippen LogP contribution in [-0.2, 0) is 13.1 Å². The van der Waals surface area contributed by atoms with Crippen molar-refractivity contribution in [3.05, 3.63) is 71.9 Å². The highest BCUT2D eigenvalue weighted by Crippen LogP contribution is 2.30. The van der Waals surface area contributed by atoms with E-state index in [1.165, 1.54) is 17.5 Å².